The van der Waals surface area contributed by atoms with Crippen LogP contribution >= 0.6 is 0 Å². The number of carbonyl (C=O) groups is 1. The molecule has 80 valence electrons. The van der Waals surface area contributed by atoms with E-state index in [9.17, 15) is 4.79 Å². The number of allylic oxidation sites excluding steroid dienone is 1. The molecule has 0 radical (unpaired) electrons. The third kappa shape index (κ3) is 3.52. The third-order valence-corrected chi connectivity index (χ3v) is 2.93. The van der Waals surface area contributed by atoms with Crippen molar-refractivity contribution in [2.24, 2.45) is 5.92 Å². The maximum Gasteiger partial charge on any atom is 0.222 e. The summed E-state index contributed by atoms with van der Waals surface area (Å²) in [5, 5.41) is 0. The van der Waals surface area contributed by atoms with E-state index in [2.05, 4.69) is 13.5 Å². The topological polar surface area (TPSA) is 20.3 Å². The second kappa shape index (κ2) is 5.84. The molecule has 1 aliphatic rings. The zero-order chi connectivity index (χ0) is 10.4. The molecule has 1 amide bonds. The molecule has 1 rings (SSSR count). The van der Waals surface area contributed by atoms with Gasteiger partial charge in [-0.1, -0.05) is 13.0 Å². The summed E-state index contributed by atoms with van der Waals surface area (Å²) in [6.07, 6.45) is 6.87. The predicted octanol–water partition coefficient (Wildman–Crippen LogP) is 2.60. The summed E-state index contributed by atoms with van der Waals surface area (Å²) >= 11 is 0. The third-order valence-electron chi connectivity index (χ3n) is 2.93. The van der Waals surface area contributed by atoms with Crippen molar-refractivity contribution in [3.05, 3.63) is 12.7 Å². The van der Waals surface area contributed by atoms with Crippen LogP contribution in [0.4, 0.5) is 0 Å². The molecule has 0 aliphatic carbocycles. The second-order valence-electron chi connectivity index (χ2n) is 4.24. The lowest BCUT2D eigenvalue weighted by Gasteiger charge is -2.20. The zero-order valence-corrected chi connectivity index (χ0v) is 9.17. The van der Waals surface area contributed by atoms with Crippen LogP contribution in [0.3, 0.4) is 0 Å². The van der Waals surface area contributed by atoms with Crippen LogP contribution in [-0.2, 0) is 4.79 Å². The smallest absolute Gasteiger partial charge is 0.222 e. The molecule has 1 atom stereocenters. The second-order valence-corrected chi connectivity index (χ2v) is 4.24. The minimum absolute atomic E-state index is 0.305. The molecule has 0 spiro atoms. The van der Waals surface area contributed by atoms with E-state index in [1.807, 2.05) is 11.0 Å². The number of carbonyl (C=O) groups excluding carboxylic acids is 1. The van der Waals surface area contributed by atoms with Gasteiger partial charge in [0.15, 0.2) is 0 Å². The number of hydrogen-bond acceptors (Lipinski definition) is 1. The van der Waals surface area contributed by atoms with E-state index >= 15 is 0 Å². The number of nitrogens with zero attached hydrogens (tertiary/aromatic N) is 1. The highest BCUT2D eigenvalue weighted by molar-refractivity contribution is 5.76. The average molecular weight is 195 g/mol. The van der Waals surface area contributed by atoms with Crippen LogP contribution in [-0.4, -0.2) is 23.9 Å². The lowest BCUT2D eigenvalue weighted by atomic mass is 10.0. The first kappa shape index (κ1) is 11.3. The quantitative estimate of drug-likeness (QED) is 0.634. The van der Waals surface area contributed by atoms with Crippen LogP contribution in [0.15, 0.2) is 12.7 Å². The van der Waals surface area contributed by atoms with Gasteiger partial charge in [0.2, 0.25) is 5.91 Å². The molecule has 0 aromatic rings. The Kier molecular flexibility index (Phi) is 4.71. The standard InChI is InChI=1S/C12H21NO/c1-3-4-7-12(14)13-9-5-6-11(2)8-10-13/h3,11H,1,4-10H2,2H3. The molecule has 2 nitrogen and oxygen atoms in total. The van der Waals surface area contributed by atoms with Crippen LogP contribution in [0.2, 0.25) is 0 Å². The van der Waals surface area contributed by atoms with Gasteiger partial charge in [0.25, 0.3) is 0 Å². The lowest BCUT2D eigenvalue weighted by Crippen LogP contribution is -2.31. The Labute approximate surface area is 87.0 Å². The van der Waals surface area contributed by atoms with E-state index in [0.717, 1.165) is 25.4 Å². The molecular weight excluding hydrogens is 174 g/mol. The van der Waals surface area contributed by atoms with Gasteiger partial charge < -0.3 is 4.90 Å². The van der Waals surface area contributed by atoms with Gasteiger partial charge in [0.1, 0.15) is 0 Å². The summed E-state index contributed by atoms with van der Waals surface area (Å²) < 4.78 is 0. The molecule has 1 saturated heterocycles. The van der Waals surface area contributed by atoms with Crippen LogP contribution in [0.1, 0.15) is 39.0 Å². The van der Waals surface area contributed by atoms with Crippen molar-refractivity contribution in [3.63, 3.8) is 0 Å². The highest BCUT2D eigenvalue weighted by Crippen LogP contribution is 2.17. The Morgan fingerprint density at radius 1 is 1.50 bits per heavy atom. The fraction of sp³-hybridized carbons (Fsp3) is 0.750. The van der Waals surface area contributed by atoms with E-state index in [0.29, 0.717) is 12.3 Å². The Hall–Kier alpha value is -0.790. The van der Waals surface area contributed by atoms with E-state index in [1.165, 1.54) is 19.3 Å². The summed E-state index contributed by atoms with van der Waals surface area (Å²) in [5.74, 6) is 1.09. The van der Waals surface area contributed by atoms with Gasteiger partial charge in [-0.25, -0.2) is 0 Å². The molecule has 1 heterocycles. The number of hydrogen-bond donors (Lipinski definition) is 0. The zero-order valence-electron chi connectivity index (χ0n) is 9.17. The van der Waals surface area contributed by atoms with Gasteiger partial charge in [0.05, 0.1) is 0 Å². The van der Waals surface area contributed by atoms with Gasteiger partial charge in [0, 0.05) is 19.5 Å². The average Bonchev–Trinajstić information content (AvgIpc) is 2.39. The van der Waals surface area contributed by atoms with Crippen LogP contribution < -0.4 is 0 Å². The Morgan fingerprint density at radius 3 is 3.00 bits per heavy atom. The monoisotopic (exact) mass is 195 g/mol. The lowest BCUT2D eigenvalue weighted by molar-refractivity contribution is -0.131. The maximum atomic E-state index is 11.7. The van der Waals surface area contributed by atoms with Crippen molar-refractivity contribution < 1.29 is 4.79 Å². The molecule has 0 aromatic carbocycles. The Bertz CT molecular complexity index is 200. The first-order valence-electron chi connectivity index (χ1n) is 5.62. The largest absolute Gasteiger partial charge is 0.343 e. The summed E-state index contributed by atoms with van der Waals surface area (Å²) in [6, 6.07) is 0. The summed E-state index contributed by atoms with van der Waals surface area (Å²) in [7, 11) is 0. The van der Waals surface area contributed by atoms with Gasteiger partial charge in [-0.05, 0) is 31.6 Å². The summed E-state index contributed by atoms with van der Waals surface area (Å²) in [6.45, 7) is 7.83. The number of rotatable bonds is 3. The van der Waals surface area contributed by atoms with E-state index in [4.69, 9.17) is 0 Å². The Morgan fingerprint density at radius 2 is 2.29 bits per heavy atom. The van der Waals surface area contributed by atoms with Gasteiger partial charge >= 0.3 is 0 Å². The van der Waals surface area contributed by atoms with Gasteiger partial charge in [-0.15, -0.1) is 6.58 Å². The molecule has 1 unspecified atom stereocenters. The fourth-order valence-corrected chi connectivity index (χ4v) is 1.90. The molecule has 0 bridgehead atoms. The van der Waals surface area contributed by atoms with E-state index < -0.39 is 0 Å². The van der Waals surface area contributed by atoms with Crippen LogP contribution in [0, 0.1) is 5.92 Å². The molecule has 0 N–H and O–H groups in total. The highest BCUT2D eigenvalue weighted by Gasteiger charge is 2.17. The molecule has 2 heteroatoms. The van der Waals surface area contributed by atoms with Crippen molar-refractivity contribution >= 4 is 5.91 Å². The molecule has 0 aromatic heterocycles. The van der Waals surface area contributed by atoms with Crippen molar-refractivity contribution in [1.29, 1.82) is 0 Å². The first-order chi connectivity index (χ1) is 6.74. The van der Waals surface area contributed by atoms with Gasteiger partial charge in [-0.3, -0.25) is 4.79 Å². The molecular formula is C12H21NO. The highest BCUT2D eigenvalue weighted by atomic mass is 16.2. The summed E-state index contributed by atoms with van der Waals surface area (Å²) in [5.41, 5.74) is 0. The molecule has 0 saturated carbocycles. The van der Waals surface area contributed by atoms with Gasteiger partial charge in [-0.2, -0.15) is 0 Å². The molecule has 1 fully saturated rings. The van der Waals surface area contributed by atoms with Crippen molar-refractivity contribution in [2.75, 3.05) is 13.1 Å². The summed E-state index contributed by atoms with van der Waals surface area (Å²) in [4.78, 5) is 13.7. The fourth-order valence-electron chi connectivity index (χ4n) is 1.90. The molecule has 1 aliphatic heterocycles. The normalized spacial score (nSPS) is 22.9. The van der Waals surface area contributed by atoms with Crippen molar-refractivity contribution in [1.82, 2.24) is 4.90 Å². The Balaban J connectivity index is 2.35. The maximum absolute atomic E-state index is 11.7. The van der Waals surface area contributed by atoms with Crippen molar-refractivity contribution in [3.8, 4) is 0 Å². The van der Waals surface area contributed by atoms with Crippen LogP contribution in [0.5, 0.6) is 0 Å². The number of amides is 1. The minimum atomic E-state index is 0.305. The number of likely N-dealkylation sites (tertiary alicyclic amines) is 1. The van der Waals surface area contributed by atoms with Crippen LogP contribution in [0.25, 0.3) is 0 Å². The van der Waals surface area contributed by atoms with Crippen molar-refractivity contribution in [2.45, 2.75) is 39.0 Å². The molecule has 14 heavy (non-hydrogen) atoms. The van der Waals surface area contributed by atoms with E-state index in [-0.39, 0.29) is 0 Å². The minimum Gasteiger partial charge on any atom is -0.343 e. The first-order valence-corrected chi connectivity index (χ1v) is 5.62. The van der Waals surface area contributed by atoms with E-state index in [1.54, 1.807) is 0 Å². The SMILES string of the molecule is C=CCCC(=O)N1CCCC(C)CC1. The predicted molar refractivity (Wildman–Crippen MR) is 59.0 cm³/mol.